The average Bonchev–Trinajstić information content (AvgIpc) is 1.59. The molecule has 113 heavy (non-hydrogen) atoms. The van der Waals surface area contributed by atoms with Gasteiger partial charge in [0, 0.05) is 152 Å². The topological polar surface area (TPSA) is 395 Å². The van der Waals surface area contributed by atoms with Crippen LogP contribution in [0.3, 0.4) is 0 Å². The minimum Gasteiger partial charge on any atom is -0.382 e. The Balaban J connectivity index is 0.000000244. The lowest BCUT2D eigenvalue weighted by Gasteiger charge is -2.33. The number of amides is 5. The van der Waals surface area contributed by atoms with Crippen molar-refractivity contribution in [1.82, 2.24) is 49.2 Å². The summed E-state index contributed by atoms with van der Waals surface area (Å²) in [5, 5.41) is 36.2. The number of benzene rings is 6. The number of hydroxylamine groups is 4. The van der Waals surface area contributed by atoms with Crippen molar-refractivity contribution in [3.05, 3.63) is 189 Å². The zero-order valence-electron chi connectivity index (χ0n) is 62.7. The summed E-state index contributed by atoms with van der Waals surface area (Å²) in [6.45, 7) is 13.9. The molecule has 0 aromatic heterocycles. The van der Waals surface area contributed by atoms with Crippen LogP contribution < -0.4 is 25.2 Å². The molecule has 5 aliphatic rings. The van der Waals surface area contributed by atoms with Gasteiger partial charge in [-0.1, -0.05) is 127 Å². The number of nitrogens with two attached hydrogens (primary N) is 1. The number of hydrogen-bond donors (Lipinski definition) is 8. The van der Waals surface area contributed by atoms with Crippen LogP contribution in [0, 0.1) is 0 Å². The van der Waals surface area contributed by atoms with E-state index in [4.69, 9.17) is 75.3 Å². The highest BCUT2D eigenvalue weighted by atomic mass is 35.5. The maximum absolute atomic E-state index is 13.2. The second-order valence-electron chi connectivity index (χ2n) is 27.2. The minimum atomic E-state index is -4.03. The van der Waals surface area contributed by atoms with Gasteiger partial charge in [0.2, 0.25) is 30.1 Å². The molecule has 6 unspecified atom stereocenters. The Labute approximate surface area is 687 Å². The lowest BCUT2D eigenvalue weighted by molar-refractivity contribution is -0.260. The highest BCUT2D eigenvalue weighted by molar-refractivity contribution is 7.90. The van der Waals surface area contributed by atoms with Gasteiger partial charge in [0.05, 0.1) is 14.7 Å². The number of nitrogens with one attached hydrogen (secondary N) is 4. The second-order valence-corrected chi connectivity index (χ2v) is 35.0. The highest BCUT2D eigenvalue weighted by Crippen LogP contribution is 2.42. The molecule has 0 saturated carbocycles. The molecule has 2 fully saturated rings. The number of nitrogens with zero attached hydrogens (tertiary/aromatic N) is 6. The molecule has 0 radical (unpaired) electrons. The first-order chi connectivity index (χ1) is 53.4. The number of imide groups is 2. The van der Waals surface area contributed by atoms with Gasteiger partial charge in [-0.25, -0.2) is 49.1 Å². The van der Waals surface area contributed by atoms with Gasteiger partial charge >= 0.3 is 5.97 Å². The van der Waals surface area contributed by atoms with E-state index in [0.29, 0.717) is 56.3 Å². The van der Waals surface area contributed by atoms with Gasteiger partial charge in [-0.2, -0.15) is 0 Å². The molecule has 5 amide bonds. The fourth-order valence-corrected chi connectivity index (χ4v) is 18.2. The third kappa shape index (κ3) is 24.5. The quantitative estimate of drug-likeness (QED) is 0.0138. The Morgan fingerprint density at radius 1 is 0.504 bits per heavy atom. The van der Waals surface area contributed by atoms with E-state index in [1.807, 2.05) is 57.5 Å². The first-order valence-corrected chi connectivity index (χ1v) is 42.8. The zero-order valence-corrected chi connectivity index (χ0v) is 69.7. The van der Waals surface area contributed by atoms with Crippen LogP contribution in [0.2, 0.25) is 30.1 Å². The zero-order chi connectivity index (χ0) is 83.0. The molecule has 0 spiro atoms. The van der Waals surface area contributed by atoms with E-state index in [9.17, 15) is 74.1 Å². The normalized spacial score (nSPS) is 18.2. The molecule has 5 aliphatic heterocycles. The highest BCUT2D eigenvalue weighted by Gasteiger charge is 2.40. The van der Waals surface area contributed by atoms with Crippen molar-refractivity contribution in [2.75, 3.05) is 93.1 Å². The van der Waals surface area contributed by atoms with Crippen LogP contribution in [0.5, 0.6) is 0 Å². The number of aliphatic hydroxyl groups excluding tert-OH is 3. The summed E-state index contributed by atoms with van der Waals surface area (Å²) >= 11 is 38.2. The predicted octanol–water partition coefficient (Wildman–Crippen LogP) is 7.05. The number of ketones is 1. The number of likely N-dealkylation sites (N-methyl/N-ethyl adjacent to an activating group) is 3. The molecule has 2 saturated heterocycles. The van der Waals surface area contributed by atoms with Crippen LogP contribution in [0.25, 0.3) is 0 Å². The van der Waals surface area contributed by atoms with Crippen LogP contribution in [0.4, 0.5) is 0 Å². The summed E-state index contributed by atoms with van der Waals surface area (Å²) in [6.07, 6.45) is -7.31. The first kappa shape index (κ1) is 91.8. The third-order valence-corrected chi connectivity index (χ3v) is 25.1. The SMILES string of the molecule is CCN(CC)CC.CN1Cc2c(Cl)cc(Cl)cc2C(c2cccc(S(=O)(=O)NCCCC(=O)C(O)C(O)C(=O)NCCNS(=O)(=O)c3cccc(C4CN(C)Cc5c(Cl)cc(Cl)cc54)c3)c2)C1.CN1Cc2c(Cl)cc(Cl)cc2C(c2cccc(S(=O)(=O)NCCN)c2)C1.O=C(ON1C(=O)CCC1=O)C(O)ON1C(=O)CCC1=O. The number of carbonyl (C=O) groups excluding carboxylic acids is 7. The Morgan fingerprint density at radius 3 is 1.21 bits per heavy atom. The standard InChI is InChI=1S/C41H45Cl4N5O8S2.C18H21Cl2N3O2S.C10H10N2O8.C6H15N/c1-49-20-32(30-16-26(42)18-36(44)34(30)22-49)24-6-3-8-28(14-24)59(55,56)47-11-5-10-38(51)39(52)40(53)41(54)46-12-13-48-60(57,58)29-9-4-7-25(15-29)33-21-50(2)23-35-31(33)17-27(43)19-37(35)45;1-23-10-16(15-8-13(19)9-18(20)17(15)11-23)12-3-2-4-14(7-12)26(24,25)22-6-5-21;13-5-1-2-6(14)11(5)19-9(17)10(18)20-12-7(15)3-4-8(12)16;1-4-7(5-2)6-3/h3-4,6-9,14-19,32-33,39-40,47-48,52-53H,5,10-13,20-23H2,1-2H3,(H,46,54);2-4,7-9,16,22H,5-6,10-11,21H2,1H3;9,17H,1-4H2;4-6H2,1-3H3. The largest absolute Gasteiger partial charge is 0.391 e. The molecule has 6 aromatic carbocycles. The van der Waals surface area contributed by atoms with Crippen LogP contribution in [-0.2, 0) is 92.9 Å². The summed E-state index contributed by atoms with van der Waals surface area (Å²) in [4.78, 5) is 99.1. The molecule has 0 aliphatic carbocycles. The molecule has 614 valence electrons. The van der Waals surface area contributed by atoms with Crippen molar-refractivity contribution in [1.29, 1.82) is 0 Å². The van der Waals surface area contributed by atoms with Crippen LogP contribution in [0.1, 0.15) is 127 Å². The van der Waals surface area contributed by atoms with Crippen LogP contribution >= 0.6 is 69.6 Å². The maximum Gasteiger partial charge on any atom is 0.391 e. The Hall–Kier alpha value is -6.68. The fraction of sp³-hybridized carbons (Fsp3) is 0.427. The molecule has 0 bridgehead atoms. The van der Waals surface area contributed by atoms with Crippen LogP contribution in [-0.4, -0.2) is 223 Å². The molecular formula is C75H91Cl6N11O18S3. The minimum absolute atomic E-state index is 0.00114. The molecular weight excluding hydrogens is 1650 g/mol. The van der Waals surface area contributed by atoms with E-state index in [2.05, 4.69) is 69.5 Å². The van der Waals surface area contributed by atoms with E-state index < -0.39 is 89.9 Å². The van der Waals surface area contributed by atoms with Gasteiger partial charge < -0.3 is 50.8 Å². The number of carbonyl (C=O) groups is 7. The lowest BCUT2D eigenvalue weighted by Crippen LogP contribution is -2.47. The van der Waals surface area contributed by atoms with Gasteiger partial charge in [0.15, 0.2) is 11.9 Å². The van der Waals surface area contributed by atoms with Gasteiger partial charge in [-0.15, -0.1) is 10.1 Å². The van der Waals surface area contributed by atoms with Crippen molar-refractivity contribution < 1.29 is 83.8 Å². The van der Waals surface area contributed by atoms with Gasteiger partial charge in [-0.3, -0.25) is 28.8 Å². The molecule has 9 N–H and O–H groups in total. The van der Waals surface area contributed by atoms with E-state index in [0.717, 1.165) is 63.2 Å². The summed E-state index contributed by atoms with van der Waals surface area (Å²) in [7, 11) is -5.71. The average molecular weight is 1740 g/mol. The van der Waals surface area contributed by atoms with Gasteiger partial charge in [0.1, 0.15) is 6.10 Å². The van der Waals surface area contributed by atoms with E-state index in [1.54, 1.807) is 60.7 Å². The number of rotatable bonds is 28. The van der Waals surface area contributed by atoms with E-state index in [-0.39, 0.29) is 114 Å². The van der Waals surface area contributed by atoms with E-state index in [1.165, 1.54) is 31.8 Å². The summed E-state index contributed by atoms with van der Waals surface area (Å²) < 4.78 is 85.1. The number of halogens is 6. The van der Waals surface area contributed by atoms with Crippen molar-refractivity contribution in [3.63, 3.8) is 0 Å². The molecule has 38 heteroatoms. The third-order valence-electron chi connectivity index (χ3n) is 19.1. The van der Waals surface area contributed by atoms with Crippen molar-refractivity contribution in [2.24, 2.45) is 5.73 Å². The lowest BCUT2D eigenvalue weighted by atomic mass is 9.85. The van der Waals surface area contributed by atoms with Crippen molar-refractivity contribution in [2.45, 2.75) is 130 Å². The fourth-order valence-electron chi connectivity index (χ4n) is 13.2. The maximum atomic E-state index is 13.2. The summed E-state index contributed by atoms with van der Waals surface area (Å²) in [6, 6.07) is 30.7. The Morgan fingerprint density at radius 2 is 0.858 bits per heavy atom. The van der Waals surface area contributed by atoms with Gasteiger partial charge in [0.25, 0.3) is 35.8 Å². The Bertz CT molecular complexity index is 4630. The number of Topliss-reactive ketones (excluding diaryl/α,β-unsaturated/α-hetero) is 1. The number of fused-ring (bicyclic) bond motifs is 3. The van der Waals surface area contributed by atoms with Gasteiger partial charge in [-0.05, 0) is 170 Å². The molecule has 6 aromatic rings. The summed E-state index contributed by atoms with van der Waals surface area (Å²) in [5.74, 6) is -6.73. The number of aliphatic hydroxyl groups is 3. The van der Waals surface area contributed by atoms with E-state index >= 15 is 0 Å². The molecule has 11 rings (SSSR count). The Kier molecular flexibility index (Phi) is 33.7. The number of sulfonamides is 3. The smallest absolute Gasteiger partial charge is 0.382 e. The second kappa shape index (κ2) is 41.4. The molecule has 6 atom stereocenters. The monoisotopic (exact) mass is 1740 g/mol. The first-order valence-electron chi connectivity index (χ1n) is 36.1. The predicted molar refractivity (Wildman–Crippen MR) is 426 cm³/mol. The summed E-state index contributed by atoms with van der Waals surface area (Å²) in [5.41, 5.74) is 13.6. The van der Waals surface area contributed by atoms with Crippen LogP contribution in [0.15, 0.2) is 124 Å². The number of hydrogen-bond acceptors (Lipinski definition) is 23. The molecule has 5 heterocycles. The molecule has 29 nitrogen and oxygen atoms in total. The van der Waals surface area contributed by atoms with Crippen molar-refractivity contribution >= 4 is 141 Å². The van der Waals surface area contributed by atoms with Crippen molar-refractivity contribution in [3.8, 4) is 0 Å².